The molecule has 1 heteroatoms. The van der Waals surface area contributed by atoms with Crippen molar-refractivity contribution < 1.29 is 6.48 Å². The molecule has 3 saturated carbocycles. The fraction of sp³-hybridized carbons (Fsp3) is 0.778. The Morgan fingerprint density at radius 3 is 3.00 bits per heavy atom. The van der Waals surface area contributed by atoms with E-state index in [1.807, 2.05) is 0 Å². The zero-order valence-corrected chi connectivity index (χ0v) is 6.09. The summed E-state index contributed by atoms with van der Waals surface area (Å²) in [6.07, 6.45) is 4.28. The van der Waals surface area contributed by atoms with Crippen molar-refractivity contribution in [3.05, 3.63) is 12.1 Å². The second-order valence-corrected chi connectivity index (χ2v) is 3.63. The molecule has 56 valence electrons. The molecule has 3 fully saturated rings. The number of hydrogen-bond acceptors (Lipinski definition) is 1. The lowest BCUT2D eigenvalue weighted by molar-refractivity contribution is 0.0352. The lowest BCUT2D eigenvalue weighted by Crippen LogP contribution is -2.36. The zero-order valence-electron chi connectivity index (χ0n) is 7.09. The first-order valence-corrected chi connectivity index (χ1v) is 4.06. The van der Waals surface area contributed by atoms with E-state index in [1.165, 1.54) is 18.5 Å². The van der Waals surface area contributed by atoms with Crippen molar-refractivity contribution in [2.45, 2.75) is 31.8 Å². The van der Waals surface area contributed by atoms with Crippen molar-refractivity contribution >= 4 is 0 Å². The lowest BCUT2D eigenvalue weighted by Gasteiger charge is -2.41. The fourth-order valence-electron chi connectivity index (χ4n) is 2.33. The van der Waals surface area contributed by atoms with E-state index in [-0.39, 0.29) is 6.10 Å². The molecule has 3 atom stereocenters. The van der Waals surface area contributed by atoms with Crippen LogP contribution in [-0.2, 0) is 0 Å². The second-order valence-electron chi connectivity index (χ2n) is 3.63. The molecular formula is C9H14O. The van der Waals surface area contributed by atoms with Crippen molar-refractivity contribution in [2.75, 3.05) is 0 Å². The van der Waals surface area contributed by atoms with Crippen LogP contribution in [0.2, 0.25) is 0 Å². The SMILES string of the molecule is [2H]C=C1C[C@H]2CC[C@@H]1[C@@H](O)C2. The minimum absolute atomic E-state index is 0.140. The molecule has 0 aromatic heterocycles. The van der Waals surface area contributed by atoms with Crippen LogP contribution in [0.15, 0.2) is 12.1 Å². The molecular weight excluding hydrogens is 124 g/mol. The summed E-state index contributed by atoms with van der Waals surface area (Å²) >= 11 is 0. The van der Waals surface area contributed by atoms with Crippen LogP contribution in [0.5, 0.6) is 0 Å². The second kappa shape index (κ2) is 2.09. The molecule has 0 aromatic rings. The number of rotatable bonds is 0. The van der Waals surface area contributed by atoms with Gasteiger partial charge in [-0.3, -0.25) is 0 Å². The topological polar surface area (TPSA) is 20.2 Å². The van der Waals surface area contributed by atoms with Crippen molar-refractivity contribution in [1.82, 2.24) is 0 Å². The zero-order chi connectivity index (χ0) is 7.84. The van der Waals surface area contributed by atoms with Crippen molar-refractivity contribution in [1.29, 1.82) is 0 Å². The average Bonchev–Trinajstić information content (AvgIpc) is 2.04. The van der Waals surface area contributed by atoms with Gasteiger partial charge in [0, 0.05) is 5.92 Å². The number of aliphatic hydroxyl groups is 1. The van der Waals surface area contributed by atoms with E-state index < -0.39 is 0 Å². The highest BCUT2D eigenvalue weighted by molar-refractivity contribution is 5.12. The molecule has 1 N–H and O–H groups in total. The number of aliphatic hydroxyl groups excluding tert-OH is 1. The standard InChI is InChI=1S/C9H14O/c1-6-4-7-2-3-8(6)9(10)5-7/h7-10H,1-5H2/t7-,8+,9+/m1/s1/i1D. The smallest absolute Gasteiger partial charge is 0.0608 e. The number of hydrogen-bond donors (Lipinski definition) is 1. The fourth-order valence-corrected chi connectivity index (χ4v) is 2.33. The lowest BCUT2D eigenvalue weighted by atomic mass is 9.67. The van der Waals surface area contributed by atoms with Crippen molar-refractivity contribution in [3.63, 3.8) is 0 Å². The summed E-state index contributed by atoms with van der Waals surface area (Å²) in [7, 11) is 0. The molecule has 3 aliphatic rings. The van der Waals surface area contributed by atoms with Gasteiger partial charge in [0.25, 0.3) is 0 Å². The molecule has 0 amide bonds. The normalized spacial score (nSPS) is 51.5. The Morgan fingerprint density at radius 1 is 1.60 bits per heavy atom. The predicted molar refractivity (Wildman–Crippen MR) is 40.6 cm³/mol. The molecule has 10 heavy (non-hydrogen) atoms. The van der Waals surface area contributed by atoms with E-state index in [4.69, 9.17) is 1.37 Å². The van der Waals surface area contributed by atoms with Crippen molar-refractivity contribution in [2.24, 2.45) is 11.8 Å². The molecule has 0 unspecified atom stereocenters. The van der Waals surface area contributed by atoms with Gasteiger partial charge in [-0.15, -0.1) is 0 Å². The molecule has 2 bridgehead atoms. The van der Waals surface area contributed by atoms with Crippen LogP contribution in [0, 0.1) is 11.8 Å². The van der Waals surface area contributed by atoms with Gasteiger partial charge in [0.2, 0.25) is 0 Å². The monoisotopic (exact) mass is 139 g/mol. The Balaban J connectivity index is 2.19. The summed E-state index contributed by atoms with van der Waals surface area (Å²) < 4.78 is 7.17. The first-order valence-electron chi connectivity index (χ1n) is 4.64. The van der Waals surface area contributed by atoms with Crippen LogP contribution >= 0.6 is 0 Å². The minimum atomic E-state index is -0.140. The van der Waals surface area contributed by atoms with Crippen LogP contribution < -0.4 is 0 Å². The van der Waals surface area contributed by atoms with Gasteiger partial charge in [-0.25, -0.2) is 0 Å². The molecule has 0 spiro atoms. The van der Waals surface area contributed by atoms with Crippen molar-refractivity contribution in [3.8, 4) is 0 Å². The maximum absolute atomic E-state index is 9.58. The first kappa shape index (κ1) is 5.36. The number of fused-ring (bicyclic) bond motifs is 3. The molecule has 0 heterocycles. The molecule has 3 aliphatic carbocycles. The third-order valence-corrected chi connectivity index (χ3v) is 2.93. The molecule has 0 aliphatic heterocycles. The third kappa shape index (κ3) is 0.807. The highest BCUT2D eigenvalue weighted by Crippen LogP contribution is 2.43. The Morgan fingerprint density at radius 2 is 2.50 bits per heavy atom. The van der Waals surface area contributed by atoms with Gasteiger partial charge in [-0.1, -0.05) is 12.1 Å². The van der Waals surface area contributed by atoms with Gasteiger partial charge < -0.3 is 5.11 Å². The van der Waals surface area contributed by atoms with Gasteiger partial charge in [-0.05, 0) is 31.6 Å². The van der Waals surface area contributed by atoms with Crippen LogP contribution in [0.4, 0.5) is 0 Å². The minimum Gasteiger partial charge on any atom is -0.392 e. The summed E-state index contributed by atoms with van der Waals surface area (Å²) in [6.45, 7) is 1.46. The highest BCUT2D eigenvalue weighted by atomic mass is 16.3. The van der Waals surface area contributed by atoms with Crippen LogP contribution in [0.25, 0.3) is 0 Å². The van der Waals surface area contributed by atoms with Crippen LogP contribution in [0.1, 0.15) is 27.1 Å². The maximum atomic E-state index is 9.58. The summed E-state index contributed by atoms with van der Waals surface area (Å²) in [5.74, 6) is 1.00. The van der Waals surface area contributed by atoms with Gasteiger partial charge in [0.05, 0.1) is 7.47 Å². The summed E-state index contributed by atoms with van der Waals surface area (Å²) in [4.78, 5) is 0. The van der Waals surface area contributed by atoms with E-state index >= 15 is 0 Å². The van der Waals surface area contributed by atoms with Crippen LogP contribution in [0.3, 0.4) is 0 Å². The van der Waals surface area contributed by atoms with Gasteiger partial charge in [0.15, 0.2) is 0 Å². The maximum Gasteiger partial charge on any atom is 0.0608 e. The summed E-state index contributed by atoms with van der Waals surface area (Å²) in [5, 5.41) is 9.58. The Hall–Kier alpha value is -0.300. The highest BCUT2D eigenvalue weighted by Gasteiger charge is 2.36. The summed E-state index contributed by atoms with van der Waals surface area (Å²) in [6, 6.07) is 0. The summed E-state index contributed by atoms with van der Waals surface area (Å²) in [5.41, 5.74) is 1.18. The third-order valence-electron chi connectivity index (χ3n) is 2.93. The van der Waals surface area contributed by atoms with Gasteiger partial charge >= 0.3 is 0 Å². The molecule has 0 radical (unpaired) electrons. The quantitative estimate of drug-likeness (QED) is 0.507. The average molecular weight is 139 g/mol. The van der Waals surface area contributed by atoms with E-state index in [9.17, 15) is 5.11 Å². The van der Waals surface area contributed by atoms with E-state index in [0.717, 1.165) is 19.3 Å². The van der Waals surface area contributed by atoms with E-state index in [2.05, 4.69) is 0 Å². The largest absolute Gasteiger partial charge is 0.392 e. The van der Waals surface area contributed by atoms with Gasteiger partial charge in [-0.2, -0.15) is 0 Å². The van der Waals surface area contributed by atoms with Gasteiger partial charge in [0.1, 0.15) is 0 Å². The molecule has 0 saturated heterocycles. The predicted octanol–water partition coefficient (Wildman–Crippen LogP) is 1.72. The first-order chi connectivity index (χ1) is 5.31. The Labute approximate surface area is 63.2 Å². The molecule has 3 rings (SSSR count). The van der Waals surface area contributed by atoms with E-state index in [1.54, 1.807) is 0 Å². The Kier molecular flexibility index (Phi) is 1.12. The van der Waals surface area contributed by atoms with E-state index in [0.29, 0.717) is 11.8 Å². The van der Waals surface area contributed by atoms with Crippen LogP contribution in [-0.4, -0.2) is 11.2 Å². The molecule has 0 aromatic carbocycles. The Bertz CT molecular complexity index is 188. The molecule has 1 nitrogen and oxygen atoms in total.